The monoisotopic (exact) mass is 688 g/mol. The van der Waals surface area contributed by atoms with Crippen molar-refractivity contribution >= 4 is 13.7 Å². The smallest absolute Gasteiger partial charge is 0.387 e. The second kappa shape index (κ2) is 31.0. The summed E-state index contributed by atoms with van der Waals surface area (Å²) >= 11 is 0. The molecule has 0 saturated carbocycles. The van der Waals surface area contributed by atoms with Gasteiger partial charge in [0.1, 0.15) is 13.2 Å². The first kappa shape index (κ1) is 46.0. The Morgan fingerprint density at radius 1 is 0.702 bits per heavy atom. The van der Waals surface area contributed by atoms with Crippen LogP contribution in [0.5, 0.6) is 0 Å². The zero-order valence-corrected chi connectivity index (χ0v) is 32.2. The van der Waals surface area contributed by atoms with Crippen molar-refractivity contribution in [2.24, 2.45) is 0 Å². The lowest BCUT2D eigenvalue weighted by atomic mass is 10.0. The molecule has 9 heteroatoms. The van der Waals surface area contributed by atoms with Gasteiger partial charge in [0.05, 0.1) is 39.9 Å². The molecule has 278 valence electrons. The molecule has 0 aliphatic rings. The van der Waals surface area contributed by atoms with Gasteiger partial charge in [0.15, 0.2) is 0 Å². The van der Waals surface area contributed by atoms with E-state index in [4.69, 9.17) is 9.05 Å². The number of nitrogens with zero attached hydrogens (tertiary/aromatic N) is 1. The van der Waals surface area contributed by atoms with Crippen molar-refractivity contribution in [3.8, 4) is 0 Å². The van der Waals surface area contributed by atoms with Crippen LogP contribution in [-0.2, 0) is 18.4 Å². The Balaban J connectivity index is 4.07. The second-order valence-corrected chi connectivity index (χ2v) is 15.8. The number of amides is 1. The maximum atomic E-state index is 12.3. The van der Waals surface area contributed by atoms with Crippen LogP contribution in [0, 0.1) is 0 Å². The number of hydrogen-bond donors (Lipinski definition) is 3. The fraction of sp³-hybridized carbons (Fsp3) is 0.868. The third-order valence-corrected chi connectivity index (χ3v) is 9.41. The highest BCUT2D eigenvalue weighted by Crippen LogP contribution is 2.43. The Morgan fingerprint density at radius 3 is 1.68 bits per heavy atom. The number of nitrogens with one attached hydrogen (secondary N) is 1. The van der Waals surface area contributed by atoms with E-state index in [0.29, 0.717) is 17.4 Å². The molecule has 0 heterocycles. The summed E-state index contributed by atoms with van der Waals surface area (Å²) in [4.78, 5) is 22.4. The lowest BCUT2D eigenvalue weighted by molar-refractivity contribution is -0.870. The standard InChI is InChI=1S/C38H75N2O6P/c1-6-8-10-11-12-13-14-15-16-17-18-19-20-21-22-23-24-25-26-27-28-29-30-31-37(41)36(39-38(42)32-9-7-2)35-46-47(43,44)45-34-33-40(3,4)5/h26-27,30-31,36-37,41H,6-25,28-29,32-35H2,1-5H3,(H-,39,42,43,44)/p+1/b27-26+,31-30+. The lowest BCUT2D eigenvalue weighted by Crippen LogP contribution is -2.45. The first-order valence-corrected chi connectivity index (χ1v) is 20.7. The predicted molar refractivity (Wildman–Crippen MR) is 198 cm³/mol. The molecule has 47 heavy (non-hydrogen) atoms. The molecule has 0 rings (SSSR count). The third-order valence-electron chi connectivity index (χ3n) is 8.42. The minimum absolute atomic E-state index is 0.0558. The summed E-state index contributed by atoms with van der Waals surface area (Å²) in [5.74, 6) is -0.223. The van der Waals surface area contributed by atoms with Crippen molar-refractivity contribution in [1.29, 1.82) is 0 Å². The number of aliphatic hydroxyl groups is 1. The average Bonchev–Trinajstić information content (AvgIpc) is 3.01. The van der Waals surface area contributed by atoms with E-state index in [2.05, 4.69) is 24.4 Å². The molecule has 0 aromatic heterocycles. The average molecular weight is 688 g/mol. The van der Waals surface area contributed by atoms with E-state index in [-0.39, 0.29) is 19.1 Å². The number of phosphoric ester groups is 1. The highest BCUT2D eigenvalue weighted by atomic mass is 31.2. The molecular formula is C38H76N2O6P+. The zero-order chi connectivity index (χ0) is 35.1. The zero-order valence-electron chi connectivity index (χ0n) is 31.3. The number of allylic oxidation sites excluding steroid dienone is 3. The van der Waals surface area contributed by atoms with Crippen molar-refractivity contribution in [1.82, 2.24) is 5.32 Å². The Bertz CT molecular complexity index is 829. The number of unbranched alkanes of at least 4 members (excludes halogenated alkanes) is 19. The second-order valence-electron chi connectivity index (χ2n) is 14.3. The molecule has 3 unspecified atom stereocenters. The van der Waals surface area contributed by atoms with Gasteiger partial charge in [0, 0.05) is 6.42 Å². The number of hydrogen-bond acceptors (Lipinski definition) is 5. The van der Waals surface area contributed by atoms with Gasteiger partial charge in [-0.05, 0) is 32.1 Å². The molecule has 0 aromatic rings. The normalized spacial score (nSPS) is 15.0. The quantitative estimate of drug-likeness (QED) is 0.0269. The van der Waals surface area contributed by atoms with Crippen LogP contribution in [0.15, 0.2) is 24.3 Å². The molecule has 0 radical (unpaired) electrons. The Morgan fingerprint density at radius 2 is 1.17 bits per heavy atom. The highest BCUT2D eigenvalue weighted by Gasteiger charge is 2.27. The fourth-order valence-electron chi connectivity index (χ4n) is 5.27. The molecule has 0 aliphatic heterocycles. The van der Waals surface area contributed by atoms with Crippen LogP contribution in [0.25, 0.3) is 0 Å². The largest absolute Gasteiger partial charge is 0.472 e. The maximum absolute atomic E-state index is 12.3. The van der Waals surface area contributed by atoms with Crippen LogP contribution >= 0.6 is 7.82 Å². The van der Waals surface area contributed by atoms with Crippen molar-refractivity contribution < 1.29 is 32.9 Å². The van der Waals surface area contributed by atoms with E-state index < -0.39 is 20.0 Å². The first-order valence-electron chi connectivity index (χ1n) is 19.2. The number of aliphatic hydroxyl groups excluding tert-OH is 1. The van der Waals surface area contributed by atoms with E-state index in [1.54, 1.807) is 6.08 Å². The van der Waals surface area contributed by atoms with Gasteiger partial charge in [-0.15, -0.1) is 0 Å². The van der Waals surface area contributed by atoms with E-state index in [9.17, 15) is 19.4 Å². The fourth-order valence-corrected chi connectivity index (χ4v) is 6.00. The van der Waals surface area contributed by atoms with Gasteiger partial charge in [-0.3, -0.25) is 13.8 Å². The Kier molecular flexibility index (Phi) is 30.3. The van der Waals surface area contributed by atoms with Crippen molar-refractivity contribution in [2.75, 3.05) is 40.9 Å². The van der Waals surface area contributed by atoms with Crippen LogP contribution in [-0.4, -0.2) is 73.4 Å². The van der Waals surface area contributed by atoms with Gasteiger partial charge in [-0.25, -0.2) is 4.57 Å². The highest BCUT2D eigenvalue weighted by molar-refractivity contribution is 7.47. The van der Waals surface area contributed by atoms with E-state index in [1.807, 2.05) is 34.1 Å². The summed E-state index contributed by atoms with van der Waals surface area (Å²) in [6, 6.07) is -0.853. The Hall–Kier alpha value is -1.02. The minimum Gasteiger partial charge on any atom is -0.387 e. The van der Waals surface area contributed by atoms with Crippen molar-refractivity contribution in [2.45, 2.75) is 174 Å². The summed E-state index contributed by atoms with van der Waals surface area (Å²) < 4.78 is 23.1. The molecule has 0 aliphatic carbocycles. The maximum Gasteiger partial charge on any atom is 0.472 e. The molecular weight excluding hydrogens is 611 g/mol. The summed E-state index contributed by atoms with van der Waals surface area (Å²) in [6.45, 7) is 4.53. The van der Waals surface area contributed by atoms with E-state index in [1.165, 1.54) is 109 Å². The Labute approximate surface area is 290 Å². The molecule has 0 aromatic carbocycles. The van der Waals surface area contributed by atoms with E-state index >= 15 is 0 Å². The van der Waals surface area contributed by atoms with Crippen molar-refractivity contribution in [3.63, 3.8) is 0 Å². The van der Waals surface area contributed by atoms with Crippen LogP contribution in [0.4, 0.5) is 0 Å². The number of carbonyl (C=O) groups is 1. The SMILES string of the molecule is CCCCCCCCCCCCCCCCCCC/C=C/CC/C=C/C(O)C(COP(=O)(O)OCC[N+](C)(C)C)NC(=O)CCCC. The number of phosphoric acid groups is 1. The molecule has 0 fully saturated rings. The number of likely N-dealkylation sites (N-methyl/N-ethyl adjacent to an activating group) is 1. The molecule has 1 amide bonds. The summed E-state index contributed by atoms with van der Waals surface area (Å²) in [5, 5.41) is 13.5. The number of quaternary nitrogens is 1. The van der Waals surface area contributed by atoms with Crippen LogP contribution < -0.4 is 5.32 Å². The van der Waals surface area contributed by atoms with Crippen LogP contribution in [0.2, 0.25) is 0 Å². The molecule has 0 saturated heterocycles. The van der Waals surface area contributed by atoms with Gasteiger partial charge < -0.3 is 19.8 Å². The number of carbonyl (C=O) groups excluding carboxylic acids is 1. The third kappa shape index (κ3) is 33.3. The summed E-state index contributed by atoms with van der Waals surface area (Å²) in [5.41, 5.74) is 0. The first-order chi connectivity index (χ1) is 22.5. The van der Waals surface area contributed by atoms with Crippen molar-refractivity contribution in [3.05, 3.63) is 24.3 Å². The summed E-state index contributed by atoms with van der Waals surface area (Å²) in [7, 11) is 1.55. The van der Waals surface area contributed by atoms with Gasteiger partial charge >= 0.3 is 7.82 Å². The van der Waals surface area contributed by atoms with Crippen LogP contribution in [0.1, 0.15) is 162 Å². The topological polar surface area (TPSA) is 105 Å². The summed E-state index contributed by atoms with van der Waals surface area (Å²) in [6.07, 6.45) is 35.1. The molecule has 0 bridgehead atoms. The minimum atomic E-state index is -4.31. The lowest BCUT2D eigenvalue weighted by Gasteiger charge is -2.25. The van der Waals surface area contributed by atoms with Gasteiger partial charge in [-0.1, -0.05) is 147 Å². The van der Waals surface area contributed by atoms with Crippen LogP contribution in [0.3, 0.4) is 0 Å². The van der Waals surface area contributed by atoms with Gasteiger partial charge in [0.25, 0.3) is 0 Å². The molecule has 3 atom stereocenters. The van der Waals surface area contributed by atoms with Gasteiger partial charge in [0.2, 0.25) is 5.91 Å². The number of rotatable bonds is 34. The predicted octanol–water partition coefficient (Wildman–Crippen LogP) is 9.80. The molecule has 0 spiro atoms. The van der Waals surface area contributed by atoms with Gasteiger partial charge in [-0.2, -0.15) is 0 Å². The van der Waals surface area contributed by atoms with E-state index in [0.717, 1.165) is 32.1 Å². The molecule has 8 nitrogen and oxygen atoms in total. The molecule has 3 N–H and O–H groups in total.